The molecule has 0 aliphatic rings. The van der Waals surface area contributed by atoms with Crippen molar-refractivity contribution in [3.63, 3.8) is 0 Å². The van der Waals surface area contributed by atoms with E-state index in [-0.39, 0.29) is 11.4 Å². The molecule has 23 heavy (non-hydrogen) atoms. The summed E-state index contributed by atoms with van der Waals surface area (Å²) in [5, 5.41) is 18.8. The van der Waals surface area contributed by atoms with Gasteiger partial charge in [0.25, 0.3) is 16.7 Å². The lowest BCUT2D eigenvalue weighted by Crippen LogP contribution is -2.23. The van der Waals surface area contributed by atoms with E-state index >= 15 is 0 Å². The second-order valence-electron chi connectivity index (χ2n) is 4.54. The van der Waals surface area contributed by atoms with Gasteiger partial charge >= 0.3 is 0 Å². The average Bonchev–Trinajstić information content (AvgIpc) is 3.26. The van der Waals surface area contributed by atoms with Crippen LogP contribution in [0.2, 0.25) is 0 Å². The van der Waals surface area contributed by atoms with Gasteiger partial charge in [-0.3, -0.25) is 4.79 Å². The number of aromatic nitrogens is 5. The Hall–Kier alpha value is -2.52. The van der Waals surface area contributed by atoms with E-state index < -0.39 is 0 Å². The molecule has 0 saturated carbocycles. The highest BCUT2D eigenvalue weighted by Gasteiger charge is 2.11. The van der Waals surface area contributed by atoms with Gasteiger partial charge in [-0.15, -0.1) is 26.6 Å². The van der Waals surface area contributed by atoms with E-state index in [2.05, 4.69) is 20.5 Å². The maximum absolute atomic E-state index is 12.3. The van der Waals surface area contributed by atoms with Crippen LogP contribution in [0.4, 0.5) is 0 Å². The van der Waals surface area contributed by atoms with Crippen molar-refractivity contribution in [3.8, 4) is 10.8 Å². The minimum absolute atomic E-state index is 0.193. The van der Waals surface area contributed by atoms with Crippen molar-refractivity contribution >= 4 is 34.0 Å². The fraction of sp³-hybridized carbons (Fsp3) is 0.0714. The molecule has 0 aliphatic heterocycles. The third kappa shape index (κ3) is 2.76. The molecule has 0 fully saturated rings. The molecule has 0 aliphatic carbocycles. The van der Waals surface area contributed by atoms with Crippen LogP contribution >= 0.6 is 23.1 Å². The Bertz CT molecular complexity index is 1010. The summed E-state index contributed by atoms with van der Waals surface area (Å²) in [6.45, 7) is 0. The molecule has 0 unspecified atom stereocenters. The number of rotatable bonds is 4. The predicted octanol–water partition coefficient (Wildman–Crippen LogP) is 2.65. The summed E-state index contributed by atoms with van der Waals surface area (Å²) in [4.78, 5) is 13.2. The van der Waals surface area contributed by atoms with E-state index in [0.717, 1.165) is 4.88 Å². The smallest absolute Gasteiger partial charge is 0.278 e. The molecule has 3 heterocycles. The highest BCUT2D eigenvalue weighted by atomic mass is 32.2. The number of nitrogens with zero attached hydrogens (tertiary/aromatic N) is 5. The molecule has 0 bridgehead atoms. The zero-order chi connectivity index (χ0) is 15.6. The largest absolute Gasteiger partial charge is 0.410 e. The van der Waals surface area contributed by atoms with Gasteiger partial charge in [0.05, 0.1) is 10.3 Å². The van der Waals surface area contributed by atoms with Crippen LogP contribution in [-0.2, 0) is 5.88 Å². The van der Waals surface area contributed by atoms with Crippen molar-refractivity contribution in [2.45, 2.75) is 11.1 Å². The van der Waals surface area contributed by atoms with Gasteiger partial charge in [-0.2, -0.15) is 4.68 Å². The molecule has 3 aromatic heterocycles. The van der Waals surface area contributed by atoms with Gasteiger partial charge in [-0.1, -0.05) is 23.4 Å². The molecular weight excluding hydrogens is 334 g/mol. The molecule has 4 rings (SSSR count). The van der Waals surface area contributed by atoms with E-state index in [1.807, 2.05) is 23.6 Å². The molecule has 4 aromatic rings. The van der Waals surface area contributed by atoms with Crippen LogP contribution in [0.1, 0.15) is 0 Å². The third-order valence-corrected chi connectivity index (χ3v) is 4.72. The van der Waals surface area contributed by atoms with Crippen LogP contribution < -0.4 is 5.56 Å². The van der Waals surface area contributed by atoms with Crippen molar-refractivity contribution in [1.82, 2.24) is 25.2 Å². The quantitative estimate of drug-likeness (QED) is 0.526. The van der Waals surface area contributed by atoms with Gasteiger partial charge in [0.2, 0.25) is 0 Å². The predicted molar refractivity (Wildman–Crippen MR) is 87.3 cm³/mol. The second kappa shape index (κ2) is 5.94. The SMILES string of the molecule is O=c1c2ccccc2nnn1CSc1nnc(-c2cccs2)o1. The first-order valence-electron chi connectivity index (χ1n) is 6.64. The fourth-order valence-corrected chi connectivity index (χ4v) is 3.27. The molecule has 7 nitrogen and oxygen atoms in total. The first-order valence-corrected chi connectivity index (χ1v) is 8.50. The van der Waals surface area contributed by atoms with E-state index in [4.69, 9.17) is 4.42 Å². The summed E-state index contributed by atoms with van der Waals surface area (Å²) in [6.07, 6.45) is 0. The number of fused-ring (bicyclic) bond motifs is 1. The van der Waals surface area contributed by atoms with Gasteiger partial charge in [0, 0.05) is 0 Å². The minimum Gasteiger partial charge on any atom is -0.410 e. The Morgan fingerprint density at radius 2 is 2.04 bits per heavy atom. The molecule has 0 radical (unpaired) electrons. The molecule has 0 spiro atoms. The molecule has 0 amide bonds. The Balaban J connectivity index is 1.55. The third-order valence-electron chi connectivity index (χ3n) is 3.08. The standard InChI is InChI=1S/C14H9N5O2S2/c20-13-9-4-1-2-5-10(9)15-18-19(13)8-23-14-17-16-12(21-14)11-6-3-7-22-11/h1-7H,8H2. The van der Waals surface area contributed by atoms with Crippen molar-refractivity contribution < 1.29 is 4.42 Å². The van der Waals surface area contributed by atoms with Crippen LogP contribution in [0.3, 0.4) is 0 Å². The summed E-state index contributed by atoms with van der Waals surface area (Å²) in [5.41, 5.74) is 0.387. The monoisotopic (exact) mass is 343 g/mol. The number of hydrogen-bond acceptors (Lipinski definition) is 8. The molecule has 0 atom stereocenters. The number of thioether (sulfide) groups is 1. The maximum Gasteiger partial charge on any atom is 0.278 e. The lowest BCUT2D eigenvalue weighted by atomic mass is 10.2. The van der Waals surface area contributed by atoms with Gasteiger partial charge in [0.1, 0.15) is 11.4 Å². The van der Waals surface area contributed by atoms with Crippen molar-refractivity contribution in [1.29, 1.82) is 0 Å². The Morgan fingerprint density at radius 1 is 1.13 bits per heavy atom. The second-order valence-corrected chi connectivity index (χ2v) is 6.38. The summed E-state index contributed by atoms with van der Waals surface area (Å²) in [5.74, 6) is 0.724. The van der Waals surface area contributed by atoms with Crippen LogP contribution in [0.15, 0.2) is 56.2 Å². The normalized spacial score (nSPS) is 11.1. The molecular formula is C14H9N5O2S2. The van der Waals surface area contributed by atoms with Crippen molar-refractivity contribution in [2.24, 2.45) is 0 Å². The van der Waals surface area contributed by atoms with Crippen LogP contribution in [0, 0.1) is 0 Å². The topological polar surface area (TPSA) is 86.7 Å². The highest BCUT2D eigenvalue weighted by Crippen LogP contribution is 2.26. The molecule has 1 aromatic carbocycles. The van der Waals surface area contributed by atoms with E-state index in [9.17, 15) is 4.79 Å². The molecule has 0 N–H and O–H groups in total. The summed E-state index contributed by atoms with van der Waals surface area (Å²) >= 11 is 2.76. The summed E-state index contributed by atoms with van der Waals surface area (Å²) < 4.78 is 6.84. The summed E-state index contributed by atoms with van der Waals surface area (Å²) in [6, 6.07) is 10.9. The fourth-order valence-electron chi connectivity index (χ4n) is 1.99. The van der Waals surface area contributed by atoms with Crippen LogP contribution in [-0.4, -0.2) is 25.2 Å². The van der Waals surface area contributed by atoms with Crippen LogP contribution in [0.25, 0.3) is 21.7 Å². The zero-order valence-electron chi connectivity index (χ0n) is 11.6. The Morgan fingerprint density at radius 3 is 2.91 bits per heavy atom. The van der Waals surface area contributed by atoms with Crippen molar-refractivity contribution in [3.05, 3.63) is 52.1 Å². The van der Waals surface area contributed by atoms with E-state index in [0.29, 0.717) is 22.0 Å². The Labute approximate surface area is 138 Å². The molecule has 0 saturated heterocycles. The van der Waals surface area contributed by atoms with Crippen molar-refractivity contribution in [2.75, 3.05) is 0 Å². The van der Waals surface area contributed by atoms with E-state index in [1.54, 1.807) is 18.2 Å². The van der Waals surface area contributed by atoms with E-state index in [1.165, 1.54) is 27.8 Å². The summed E-state index contributed by atoms with van der Waals surface area (Å²) in [7, 11) is 0. The number of hydrogen-bond donors (Lipinski definition) is 0. The van der Waals surface area contributed by atoms with Gasteiger partial charge < -0.3 is 4.42 Å². The lowest BCUT2D eigenvalue weighted by molar-refractivity contribution is 0.465. The highest BCUT2D eigenvalue weighted by molar-refractivity contribution is 7.98. The zero-order valence-corrected chi connectivity index (χ0v) is 13.3. The van der Waals surface area contributed by atoms with Gasteiger partial charge in [0.15, 0.2) is 0 Å². The first-order chi connectivity index (χ1) is 11.3. The maximum atomic E-state index is 12.3. The molecule has 9 heteroatoms. The van der Waals surface area contributed by atoms with Crippen LogP contribution in [0.5, 0.6) is 0 Å². The average molecular weight is 343 g/mol. The minimum atomic E-state index is -0.193. The first kappa shape index (κ1) is 14.1. The van der Waals surface area contributed by atoms with Gasteiger partial charge in [-0.25, -0.2) is 0 Å². The number of thiophene rings is 1. The lowest BCUT2D eigenvalue weighted by Gasteiger charge is -2.02. The van der Waals surface area contributed by atoms with Gasteiger partial charge in [-0.05, 0) is 35.3 Å². The molecule has 114 valence electrons. The number of benzene rings is 1. The Kier molecular flexibility index (Phi) is 3.64.